The molecule has 1 aromatic heterocycles. The molecule has 1 aromatic carbocycles. The summed E-state index contributed by atoms with van der Waals surface area (Å²) in [5.74, 6) is 0.899. The number of aryl methyl sites for hydroxylation is 2. The quantitative estimate of drug-likeness (QED) is 0.838. The van der Waals surface area contributed by atoms with Crippen molar-refractivity contribution in [3.63, 3.8) is 0 Å². The second-order valence-corrected chi connectivity index (χ2v) is 6.50. The highest BCUT2D eigenvalue weighted by molar-refractivity contribution is 5.94. The Labute approximate surface area is 146 Å². The minimum Gasteiger partial charge on any atom is -0.352 e. The van der Waals surface area contributed by atoms with Gasteiger partial charge in [0.25, 0.3) is 5.91 Å². The summed E-state index contributed by atoms with van der Waals surface area (Å²) in [5.41, 5.74) is 3.54. The van der Waals surface area contributed by atoms with E-state index >= 15 is 0 Å². The van der Waals surface area contributed by atoms with Crippen molar-refractivity contribution in [1.29, 1.82) is 5.26 Å². The average Bonchev–Trinajstić information content (AvgIpc) is 3.15. The second-order valence-electron chi connectivity index (χ2n) is 6.50. The first kappa shape index (κ1) is 15.6. The van der Waals surface area contributed by atoms with E-state index in [0.717, 1.165) is 43.9 Å². The predicted molar refractivity (Wildman–Crippen MR) is 93.3 cm³/mol. The van der Waals surface area contributed by atoms with Crippen LogP contribution in [0.4, 0.5) is 5.82 Å². The second kappa shape index (κ2) is 6.52. The number of rotatable bonds is 2. The zero-order chi connectivity index (χ0) is 17.2. The lowest BCUT2D eigenvalue weighted by atomic mass is 10.1. The van der Waals surface area contributed by atoms with E-state index in [0.29, 0.717) is 24.2 Å². The molecule has 2 aromatic rings. The molecule has 25 heavy (non-hydrogen) atoms. The summed E-state index contributed by atoms with van der Waals surface area (Å²) >= 11 is 0. The van der Waals surface area contributed by atoms with Gasteiger partial charge in [-0.15, -0.1) is 5.10 Å². The fourth-order valence-corrected chi connectivity index (χ4v) is 3.51. The van der Waals surface area contributed by atoms with Crippen molar-refractivity contribution in [2.75, 3.05) is 31.1 Å². The van der Waals surface area contributed by atoms with Gasteiger partial charge in [-0.05, 0) is 49.1 Å². The number of benzene rings is 1. The Hall–Kier alpha value is -2.94. The Kier molecular flexibility index (Phi) is 4.06. The van der Waals surface area contributed by atoms with Crippen molar-refractivity contribution in [3.05, 3.63) is 52.7 Å². The number of amides is 1. The molecule has 6 heteroatoms. The zero-order valence-electron chi connectivity index (χ0n) is 14.0. The summed E-state index contributed by atoms with van der Waals surface area (Å²) in [6.07, 6.45) is 3.29. The molecule has 0 bridgehead atoms. The van der Waals surface area contributed by atoms with Gasteiger partial charge in [0.15, 0.2) is 5.82 Å². The molecule has 126 valence electrons. The molecule has 0 spiro atoms. The maximum atomic E-state index is 12.6. The fraction of sp³-hybridized carbons (Fsp3) is 0.368. The van der Waals surface area contributed by atoms with E-state index in [1.54, 1.807) is 24.3 Å². The number of hydrogen-bond donors (Lipinski definition) is 0. The Bertz CT molecular complexity index is 849. The smallest absolute Gasteiger partial charge is 0.254 e. The molecule has 0 radical (unpaired) electrons. The van der Waals surface area contributed by atoms with E-state index in [4.69, 9.17) is 5.26 Å². The summed E-state index contributed by atoms with van der Waals surface area (Å²) in [4.78, 5) is 16.7. The third-order valence-electron chi connectivity index (χ3n) is 4.94. The Morgan fingerprint density at radius 1 is 1.08 bits per heavy atom. The highest BCUT2D eigenvalue weighted by Gasteiger charge is 2.24. The van der Waals surface area contributed by atoms with Crippen LogP contribution in [0.15, 0.2) is 30.3 Å². The largest absolute Gasteiger partial charge is 0.352 e. The lowest BCUT2D eigenvalue weighted by Gasteiger charge is -2.35. The lowest BCUT2D eigenvalue weighted by Crippen LogP contribution is -2.49. The summed E-state index contributed by atoms with van der Waals surface area (Å²) < 4.78 is 0. The number of nitriles is 1. The number of carbonyl (C=O) groups is 1. The molecule has 1 saturated heterocycles. The van der Waals surface area contributed by atoms with E-state index in [1.165, 1.54) is 5.56 Å². The molecule has 6 nitrogen and oxygen atoms in total. The van der Waals surface area contributed by atoms with Gasteiger partial charge in [-0.1, -0.05) is 6.07 Å². The third kappa shape index (κ3) is 3.05. The maximum absolute atomic E-state index is 12.6. The number of nitrogens with zero attached hydrogens (tertiary/aromatic N) is 5. The zero-order valence-corrected chi connectivity index (χ0v) is 14.0. The number of fused-ring (bicyclic) bond motifs is 1. The van der Waals surface area contributed by atoms with E-state index in [-0.39, 0.29) is 5.91 Å². The van der Waals surface area contributed by atoms with Gasteiger partial charge in [-0.25, -0.2) is 0 Å². The first-order valence-electron chi connectivity index (χ1n) is 8.64. The SMILES string of the molecule is N#Cc1cccc(C(=O)N2CCN(c3cc4c(nn3)CCC4)CC2)c1. The van der Waals surface area contributed by atoms with Crippen molar-refractivity contribution < 1.29 is 4.79 Å². The van der Waals surface area contributed by atoms with Crippen LogP contribution in [0.3, 0.4) is 0 Å². The van der Waals surface area contributed by atoms with Gasteiger partial charge in [0.1, 0.15) is 0 Å². The topological polar surface area (TPSA) is 73.1 Å². The molecular weight excluding hydrogens is 314 g/mol. The molecule has 0 N–H and O–H groups in total. The molecule has 4 rings (SSSR count). The Morgan fingerprint density at radius 3 is 2.72 bits per heavy atom. The Balaban J connectivity index is 1.43. The van der Waals surface area contributed by atoms with Crippen LogP contribution < -0.4 is 4.90 Å². The van der Waals surface area contributed by atoms with Gasteiger partial charge >= 0.3 is 0 Å². The number of hydrogen-bond acceptors (Lipinski definition) is 5. The van der Waals surface area contributed by atoms with Crippen LogP contribution >= 0.6 is 0 Å². The number of carbonyl (C=O) groups excluding carboxylic acids is 1. The van der Waals surface area contributed by atoms with Crippen molar-refractivity contribution >= 4 is 11.7 Å². The highest BCUT2D eigenvalue weighted by atomic mass is 16.2. The molecular formula is C19H19N5O. The fourth-order valence-electron chi connectivity index (χ4n) is 3.51. The van der Waals surface area contributed by atoms with Crippen LogP contribution in [0.2, 0.25) is 0 Å². The average molecular weight is 333 g/mol. The van der Waals surface area contributed by atoms with Crippen molar-refractivity contribution in [3.8, 4) is 6.07 Å². The minimum absolute atomic E-state index is 0.0169. The van der Waals surface area contributed by atoms with Crippen molar-refractivity contribution in [1.82, 2.24) is 15.1 Å². The summed E-state index contributed by atoms with van der Waals surface area (Å²) in [6.45, 7) is 2.79. The predicted octanol–water partition coefficient (Wildman–Crippen LogP) is 1.80. The van der Waals surface area contributed by atoms with E-state index in [2.05, 4.69) is 27.2 Å². The van der Waals surface area contributed by atoms with Gasteiger partial charge in [0, 0.05) is 31.7 Å². The van der Waals surface area contributed by atoms with Crippen molar-refractivity contribution in [2.45, 2.75) is 19.3 Å². The van der Waals surface area contributed by atoms with Gasteiger partial charge in [-0.2, -0.15) is 10.4 Å². The molecule has 0 atom stereocenters. The highest BCUT2D eigenvalue weighted by Crippen LogP contribution is 2.23. The molecule has 1 aliphatic carbocycles. The van der Waals surface area contributed by atoms with Gasteiger partial charge in [0.2, 0.25) is 0 Å². The number of piperazine rings is 1. The number of anilines is 1. The number of aromatic nitrogens is 2. The van der Waals surface area contributed by atoms with Crippen LogP contribution in [-0.4, -0.2) is 47.2 Å². The molecule has 2 heterocycles. The third-order valence-corrected chi connectivity index (χ3v) is 4.94. The molecule has 1 amide bonds. The van der Waals surface area contributed by atoms with Gasteiger partial charge in [-0.3, -0.25) is 4.79 Å². The molecule has 0 saturated carbocycles. The summed E-state index contributed by atoms with van der Waals surface area (Å²) in [7, 11) is 0. The normalized spacial score (nSPS) is 16.4. The van der Waals surface area contributed by atoms with Crippen molar-refractivity contribution in [2.24, 2.45) is 0 Å². The van der Waals surface area contributed by atoms with Crippen LogP contribution in [0.25, 0.3) is 0 Å². The first-order chi connectivity index (χ1) is 12.2. The molecule has 1 fully saturated rings. The molecule has 2 aliphatic rings. The van der Waals surface area contributed by atoms with Crippen LogP contribution in [0, 0.1) is 11.3 Å². The first-order valence-corrected chi connectivity index (χ1v) is 8.64. The van der Waals surface area contributed by atoms with Gasteiger partial charge in [0.05, 0.1) is 17.3 Å². The minimum atomic E-state index is -0.0169. The van der Waals surface area contributed by atoms with Crippen LogP contribution in [0.5, 0.6) is 0 Å². The maximum Gasteiger partial charge on any atom is 0.254 e. The van der Waals surface area contributed by atoms with E-state index in [9.17, 15) is 4.79 Å². The van der Waals surface area contributed by atoms with E-state index < -0.39 is 0 Å². The molecule has 0 unspecified atom stereocenters. The summed E-state index contributed by atoms with van der Waals surface area (Å²) in [6, 6.07) is 11.1. The monoisotopic (exact) mass is 333 g/mol. The standard InChI is InChI=1S/C19H19N5O/c20-13-14-3-1-5-16(11-14)19(25)24-9-7-23(8-10-24)18-12-15-4-2-6-17(15)21-22-18/h1,3,5,11-12H,2,4,6-10H2. The molecule has 1 aliphatic heterocycles. The van der Waals surface area contributed by atoms with Crippen LogP contribution in [0.1, 0.15) is 33.6 Å². The lowest BCUT2D eigenvalue weighted by molar-refractivity contribution is 0.0746. The Morgan fingerprint density at radius 2 is 1.92 bits per heavy atom. The van der Waals surface area contributed by atoms with Crippen LogP contribution in [-0.2, 0) is 12.8 Å². The van der Waals surface area contributed by atoms with Gasteiger partial charge < -0.3 is 9.80 Å². The summed E-state index contributed by atoms with van der Waals surface area (Å²) in [5, 5.41) is 17.7. The van der Waals surface area contributed by atoms with E-state index in [1.807, 2.05) is 4.90 Å².